The highest BCUT2D eigenvalue weighted by molar-refractivity contribution is 5.75. The fourth-order valence-electron chi connectivity index (χ4n) is 6.09. The van der Waals surface area contributed by atoms with Crippen LogP contribution in [-0.4, -0.2) is 83.6 Å². The van der Waals surface area contributed by atoms with E-state index in [0.29, 0.717) is 45.8 Å². The van der Waals surface area contributed by atoms with E-state index in [-0.39, 0.29) is 17.5 Å². The van der Waals surface area contributed by atoms with Crippen LogP contribution in [0.2, 0.25) is 0 Å². The largest absolute Gasteiger partial charge is 0.387 e. The van der Waals surface area contributed by atoms with Gasteiger partial charge >= 0.3 is 6.03 Å². The number of amides is 2. The Hall–Kier alpha value is -2.38. The smallest absolute Gasteiger partial charge is 0.320 e. The van der Waals surface area contributed by atoms with Gasteiger partial charge < -0.3 is 24.5 Å². The number of nitrogens with zero attached hydrogens (tertiary/aromatic N) is 4. The molecule has 0 bridgehead atoms. The standard InChI is InChI=1S/C25H34N4O3/c30-23(29-16-17-32-18-22(29)21-6-2-1-3-7-21)28-13-10-25(31,20-27-14-11-26-12-15-27)24(19-28)8-4-5-9-24/h1-3,6-7,11-12,14,22,31H,4-5,8-10,13,15-20H2/t22-,25?/m0/s1. The van der Waals surface area contributed by atoms with Gasteiger partial charge in [-0.1, -0.05) is 43.2 Å². The zero-order chi connectivity index (χ0) is 22.0. The fraction of sp³-hybridized carbons (Fsp3) is 0.600. The quantitative estimate of drug-likeness (QED) is 0.788. The number of hydrogen-bond acceptors (Lipinski definition) is 5. The summed E-state index contributed by atoms with van der Waals surface area (Å²) in [4.78, 5) is 24.0. The summed E-state index contributed by atoms with van der Waals surface area (Å²) in [6, 6.07) is 10.2. The van der Waals surface area contributed by atoms with Crippen molar-refractivity contribution in [3.05, 3.63) is 48.3 Å². The van der Waals surface area contributed by atoms with Gasteiger partial charge in [-0.25, -0.2) is 4.79 Å². The van der Waals surface area contributed by atoms with Crippen molar-refractivity contribution in [3.63, 3.8) is 0 Å². The predicted octanol–water partition coefficient (Wildman–Crippen LogP) is 3.03. The normalized spacial score (nSPS) is 29.7. The molecule has 2 saturated heterocycles. The van der Waals surface area contributed by atoms with E-state index in [1.807, 2.05) is 40.4 Å². The summed E-state index contributed by atoms with van der Waals surface area (Å²) in [7, 11) is 0. The highest BCUT2D eigenvalue weighted by atomic mass is 16.5. The van der Waals surface area contributed by atoms with Crippen LogP contribution < -0.4 is 0 Å². The summed E-state index contributed by atoms with van der Waals surface area (Å²) < 4.78 is 5.74. The lowest BCUT2D eigenvalue weighted by Crippen LogP contribution is -2.65. The molecule has 1 unspecified atom stereocenters. The minimum atomic E-state index is -0.792. The molecule has 2 amide bonds. The van der Waals surface area contributed by atoms with E-state index < -0.39 is 5.60 Å². The zero-order valence-corrected chi connectivity index (χ0v) is 18.7. The summed E-state index contributed by atoms with van der Waals surface area (Å²) >= 11 is 0. The van der Waals surface area contributed by atoms with Gasteiger partial charge in [0.2, 0.25) is 0 Å². The van der Waals surface area contributed by atoms with Crippen LogP contribution >= 0.6 is 0 Å². The molecule has 1 saturated carbocycles. The number of carbonyl (C=O) groups excluding carboxylic acids is 1. The Balaban J connectivity index is 1.34. The van der Waals surface area contributed by atoms with Crippen LogP contribution in [0.15, 0.2) is 47.7 Å². The van der Waals surface area contributed by atoms with E-state index in [0.717, 1.165) is 37.8 Å². The number of urea groups is 1. The molecule has 2 atom stereocenters. The maximum Gasteiger partial charge on any atom is 0.320 e. The van der Waals surface area contributed by atoms with Crippen molar-refractivity contribution >= 4 is 12.2 Å². The number of rotatable bonds is 3. The van der Waals surface area contributed by atoms with E-state index in [4.69, 9.17) is 4.74 Å². The molecule has 4 aliphatic rings. The molecule has 0 radical (unpaired) electrons. The van der Waals surface area contributed by atoms with Crippen LogP contribution in [0.25, 0.3) is 0 Å². The number of β-amino-alcohol motifs (C(OH)–C–C–N with tert-alkyl or cyclic N) is 1. The van der Waals surface area contributed by atoms with Crippen molar-refractivity contribution in [2.45, 2.75) is 43.7 Å². The summed E-state index contributed by atoms with van der Waals surface area (Å²) in [6.45, 7) is 4.24. The first-order chi connectivity index (χ1) is 15.6. The molecule has 7 heteroatoms. The Morgan fingerprint density at radius 2 is 1.97 bits per heavy atom. The third-order valence-electron chi connectivity index (χ3n) is 7.92. The van der Waals surface area contributed by atoms with Gasteiger partial charge in [0.15, 0.2) is 0 Å². The van der Waals surface area contributed by atoms with Gasteiger partial charge in [0.05, 0.1) is 31.4 Å². The Morgan fingerprint density at radius 1 is 1.16 bits per heavy atom. The first kappa shape index (κ1) is 21.5. The number of carbonyl (C=O) groups is 1. The van der Waals surface area contributed by atoms with E-state index >= 15 is 0 Å². The topological polar surface area (TPSA) is 68.6 Å². The molecule has 32 heavy (non-hydrogen) atoms. The molecule has 5 rings (SSSR count). The average Bonchev–Trinajstić information content (AvgIpc) is 3.32. The minimum absolute atomic E-state index is 0.0597. The number of aliphatic imine (C=N–C) groups is 1. The molecular weight excluding hydrogens is 404 g/mol. The number of likely N-dealkylation sites (tertiary alicyclic amines) is 1. The van der Waals surface area contributed by atoms with Crippen LogP contribution in [0.5, 0.6) is 0 Å². The van der Waals surface area contributed by atoms with Crippen LogP contribution in [0, 0.1) is 5.41 Å². The van der Waals surface area contributed by atoms with E-state index in [9.17, 15) is 9.90 Å². The summed E-state index contributed by atoms with van der Waals surface area (Å²) in [5, 5.41) is 11.9. The van der Waals surface area contributed by atoms with E-state index in [1.54, 1.807) is 6.20 Å². The highest BCUT2D eigenvalue weighted by Crippen LogP contribution is 2.51. The van der Waals surface area contributed by atoms with Crippen LogP contribution in [0.3, 0.4) is 0 Å². The third-order valence-corrected chi connectivity index (χ3v) is 7.92. The maximum atomic E-state index is 13.8. The Morgan fingerprint density at radius 3 is 2.72 bits per heavy atom. The van der Waals surface area contributed by atoms with Crippen LogP contribution in [-0.2, 0) is 4.74 Å². The van der Waals surface area contributed by atoms with Gasteiger partial charge in [-0.2, -0.15) is 0 Å². The Bertz CT molecular complexity index is 867. The second-order valence-corrected chi connectivity index (χ2v) is 9.73. The van der Waals surface area contributed by atoms with Crippen molar-refractivity contribution in [2.75, 3.05) is 45.9 Å². The zero-order valence-electron chi connectivity index (χ0n) is 18.7. The summed E-state index contributed by atoms with van der Waals surface area (Å²) in [5.74, 6) is 0. The maximum absolute atomic E-state index is 13.8. The van der Waals surface area contributed by atoms with Crippen molar-refractivity contribution < 1.29 is 14.6 Å². The fourth-order valence-corrected chi connectivity index (χ4v) is 6.09. The molecule has 3 aliphatic heterocycles. The lowest BCUT2D eigenvalue weighted by molar-refractivity contribution is -0.136. The second kappa shape index (κ2) is 8.87. The lowest BCUT2D eigenvalue weighted by atomic mass is 9.65. The second-order valence-electron chi connectivity index (χ2n) is 9.73. The Labute approximate surface area is 190 Å². The summed E-state index contributed by atoms with van der Waals surface area (Å²) in [5.41, 5.74) is 0.0838. The molecule has 3 fully saturated rings. The molecule has 3 heterocycles. The number of piperidine rings is 1. The van der Waals surface area contributed by atoms with Crippen molar-refractivity contribution in [1.29, 1.82) is 0 Å². The number of benzene rings is 1. The van der Waals surface area contributed by atoms with Gasteiger partial charge in [0.1, 0.15) is 0 Å². The Kier molecular flexibility index (Phi) is 5.95. The molecule has 7 nitrogen and oxygen atoms in total. The average molecular weight is 439 g/mol. The van der Waals surface area contributed by atoms with Crippen molar-refractivity contribution in [2.24, 2.45) is 10.4 Å². The van der Waals surface area contributed by atoms with Gasteiger partial charge in [-0.15, -0.1) is 0 Å². The van der Waals surface area contributed by atoms with Gasteiger partial charge in [-0.05, 0) is 24.8 Å². The highest BCUT2D eigenvalue weighted by Gasteiger charge is 2.56. The number of morpholine rings is 1. The third kappa shape index (κ3) is 3.92. The van der Waals surface area contributed by atoms with E-state index in [1.165, 1.54) is 0 Å². The molecular formula is C25H34N4O3. The van der Waals surface area contributed by atoms with Gasteiger partial charge in [0.25, 0.3) is 0 Å². The number of hydrogen-bond donors (Lipinski definition) is 1. The monoisotopic (exact) mass is 438 g/mol. The number of ether oxygens (including phenoxy) is 1. The van der Waals surface area contributed by atoms with E-state index in [2.05, 4.69) is 22.0 Å². The predicted molar refractivity (Wildman–Crippen MR) is 123 cm³/mol. The van der Waals surface area contributed by atoms with Gasteiger partial charge in [-0.3, -0.25) is 4.99 Å². The molecule has 172 valence electrons. The van der Waals surface area contributed by atoms with Crippen molar-refractivity contribution in [1.82, 2.24) is 14.7 Å². The molecule has 1 aliphatic carbocycles. The van der Waals surface area contributed by atoms with Crippen LogP contribution in [0.1, 0.15) is 43.7 Å². The first-order valence-corrected chi connectivity index (χ1v) is 11.9. The minimum Gasteiger partial charge on any atom is -0.387 e. The summed E-state index contributed by atoms with van der Waals surface area (Å²) in [6.07, 6.45) is 10.4. The van der Waals surface area contributed by atoms with Crippen LogP contribution in [0.4, 0.5) is 4.79 Å². The molecule has 1 aromatic rings. The SMILES string of the molecule is O=C(N1CCC(O)(CN2C=CN=CC2)C2(CCCC2)C1)N1CCOC[C@H]1c1ccccc1. The first-order valence-electron chi connectivity index (χ1n) is 11.9. The lowest BCUT2D eigenvalue weighted by Gasteiger charge is -2.54. The molecule has 1 N–H and O–H groups in total. The molecule has 0 aromatic heterocycles. The van der Waals surface area contributed by atoms with Crippen molar-refractivity contribution in [3.8, 4) is 0 Å². The molecule has 1 spiro atoms. The van der Waals surface area contributed by atoms with Gasteiger partial charge in [0, 0.05) is 50.2 Å². The number of aliphatic hydroxyl groups is 1. The molecule has 1 aromatic carbocycles.